The number of aromatic hydroxyl groups is 2. The molecule has 458 valence electrons. The van der Waals surface area contributed by atoms with Crippen LogP contribution >= 0.6 is 0 Å². The Bertz CT molecular complexity index is 3910. The number of carbonyl (C=O) groups is 2. The van der Waals surface area contributed by atoms with Crippen LogP contribution in [0.5, 0.6) is 23.0 Å². The van der Waals surface area contributed by atoms with Gasteiger partial charge in [-0.1, -0.05) is 51.4 Å². The third-order valence-electron chi connectivity index (χ3n) is 6.38. The molecule has 0 atom stereocenters. The Morgan fingerprint density at radius 2 is 0.620 bits per heavy atom. The van der Waals surface area contributed by atoms with Crippen molar-refractivity contribution in [2.75, 3.05) is 41.0 Å². The number of rotatable bonds is 14. The minimum absolute atomic E-state index is 0.0740. The Morgan fingerprint density at radius 3 is 0.848 bits per heavy atom. The van der Waals surface area contributed by atoms with E-state index in [1.54, 1.807) is 125 Å². The van der Waals surface area contributed by atoms with Crippen LogP contribution in [0, 0.1) is 0 Å². The average molecular weight is 1850 g/mol. The summed E-state index contributed by atoms with van der Waals surface area (Å²) in [7, 11) is 65.8. The summed E-state index contributed by atoms with van der Waals surface area (Å²) in [6.07, 6.45) is 0. The van der Waals surface area contributed by atoms with Crippen molar-refractivity contribution in [3.8, 4) is 23.0 Å². The van der Waals surface area contributed by atoms with Gasteiger partial charge in [-0.25, -0.2) is 9.59 Å². The minimum atomic E-state index is -1.15. The molecule has 0 aromatic heterocycles. The highest BCUT2D eigenvalue weighted by molar-refractivity contribution is 8.81. The van der Waals surface area contributed by atoms with Gasteiger partial charge >= 0.3 is 11.9 Å². The lowest BCUT2D eigenvalue weighted by Crippen LogP contribution is -2.22. The van der Waals surface area contributed by atoms with Crippen molar-refractivity contribution >= 4 is 379 Å². The van der Waals surface area contributed by atoms with E-state index in [2.05, 4.69) is 44.0 Å². The number of ether oxygens (including phenoxy) is 6. The van der Waals surface area contributed by atoms with Crippen LogP contribution in [0.3, 0.4) is 0 Å². The molecule has 0 amide bonds. The van der Waals surface area contributed by atoms with Crippen molar-refractivity contribution in [1.29, 1.82) is 0 Å². The molecule has 0 aliphatic heterocycles. The summed E-state index contributed by atoms with van der Waals surface area (Å²) in [5.41, 5.74) is 0.0348. The number of carbonyl (C=O) groups excluding carboxylic acids is 2. The van der Waals surface area contributed by atoms with Gasteiger partial charge in [0.1, 0.15) is 34.1 Å². The summed E-state index contributed by atoms with van der Waals surface area (Å²) in [6, 6.07) is 11.3. The predicted octanol–water partition coefficient (Wildman–Crippen LogP) is 5.65. The van der Waals surface area contributed by atoms with E-state index in [0.29, 0.717) is 24.7 Å². The molecule has 0 heterocycles. The molecule has 0 aliphatic carbocycles. The maximum atomic E-state index is 12.2. The van der Waals surface area contributed by atoms with Crippen LogP contribution in [0.25, 0.3) is 0 Å². The number of hydrogen-bond acceptors (Lipinski definition) is 12. The van der Waals surface area contributed by atoms with Crippen LogP contribution < -0.4 is 9.47 Å². The van der Waals surface area contributed by atoms with Crippen molar-refractivity contribution in [1.82, 2.24) is 0 Å². The molecule has 0 spiro atoms. The number of phenols is 2. The summed E-state index contributed by atoms with van der Waals surface area (Å²) in [6.45, 7) is 15.2. The van der Waals surface area contributed by atoms with Crippen molar-refractivity contribution < 1.29 is 48.2 Å². The topological polar surface area (TPSA) is 130 Å². The van der Waals surface area contributed by atoms with Gasteiger partial charge in [-0.2, -0.15) is 0 Å². The lowest BCUT2D eigenvalue weighted by atomic mass is 10.2. The normalized spacial score (nSPS) is 9.47. The van der Waals surface area contributed by atoms with Gasteiger partial charge in [0.05, 0.1) is 14.2 Å². The van der Waals surface area contributed by atoms with Crippen molar-refractivity contribution in [3.05, 3.63) is 47.5 Å². The largest absolute Gasteiger partial charge is 0.507 e. The molecule has 0 radical (unpaired) electrons. The lowest BCUT2D eigenvalue weighted by molar-refractivity contribution is 0.0154. The summed E-state index contributed by atoms with van der Waals surface area (Å²) < 4.78 is 31.7. The molecule has 0 saturated carbocycles. The first kappa shape index (κ1) is 84.5. The summed E-state index contributed by atoms with van der Waals surface area (Å²) in [5, 5.41) is 18.3. The quantitative estimate of drug-likeness (QED) is 0.105. The third kappa shape index (κ3) is 56.0. The summed E-state index contributed by atoms with van der Waals surface area (Å²) in [4.78, 5) is 23.2. The van der Waals surface area contributed by atoms with Gasteiger partial charge in [-0.05, 0) is 36.4 Å². The van der Waals surface area contributed by atoms with Crippen LogP contribution in [0.2, 0.25) is 51.4 Å². The summed E-state index contributed by atoms with van der Waals surface area (Å²) in [5.74, 6) is -1.11. The van der Waals surface area contributed by atoms with Crippen LogP contribution in [0.15, 0.2) is 36.4 Å². The fourth-order valence-electron chi connectivity index (χ4n) is 3.38. The minimum Gasteiger partial charge on any atom is -0.507 e. The number of phenolic OH excluding ortho intramolecular Hbond substituents is 2. The van der Waals surface area contributed by atoms with E-state index >= 15 is 0 Å². The SMILES string of the molecule is COC(=O)c1c(O)cccc1O.COC(=O)c1c(OCOCC[Si](C)(C)C)cccc1OCOCC[Si](C)(C)C.S=S=S=S=S=S=S=S=S=S=S=S=S=S=S=S=S=S=S=S=S=S=S=S=S=S=S=S=S=S=S=S=S=S=S=S=S=S=S. The first-order chi connectivity index (χ1) is 38.1. The molecular formula is C28H44O10S39Si2. The predicted molar refractivity (Wildman–Crippen MR) is 445 cm³/mol. The molecule has 0 unspecified atom stereocenters. The molecule has 0 bridgehead atoms. The molecule has 10 nitrogen and oxygen atoms in total. The van der Waals surface area contributed by atoms with E-state index in [-0.39, 0.29) is 36.2 Å². The smallest absolute Gasteiger partial charge is 0.345 e. The second-order valence-electron chi connectivity index (χ2n) is 13.8. The Hall–Kier alpha value is 5.51. The highest BCUT2D eigenvalue weighted by Gasteiger charge is 2.21. The number of esters is 2. The Labute approximate surface area is 578 Å². The molecule has 0 saturated heterocycles. The zero-order chi connectivity index (χ0) is 58.5. The van der Waals surface area contributed by atoms with E-state index in [1.807, 2.05) is 204 Å². The molecule has 51 heteroatoms. The van der Waals surface area contributed by atoms with Gasteiger partial charge in [0.25, 0.3) is 0 Å². The second kappa shape index (κ2) is 61.0. The fourth-order valence-corrected chi connectivity index (χ4v) is 101. The zero-order valence-corrected chi connectivity index (χ0v) is 74.6. The molecular weight excluding hydrogens is 1800 g/mol. The van der Waals surface area contributed by atoms with E-state index < -0.39 is 28.1 Å². The molecule has 2 rings (SSSR count). The van der Waals surface area contributed by atoms with Gasteiger partial charge in [0, 0.05) is 380 Å². The number of hydrogen-bond donors (Lipinski definition) is 2. The molecule has 2 aromatic carbocycles. The highest BCUT2D eigenvalue weighted by Crippen LogP contribution is 2.30. The van der Waals surface area contributed by atoms with Crippen LogP contribution in [0.1, 0.15) is 20.7 Å². The number of benzene rings is 2. The standard InChI is InChI=1S/C20H36O6Si2.C8H8O4.S39/c1-22-20(21)19-17(25-15-23-11-13-27(2,3)4)9-8-10-18(19)26-16-24-12-14-28(5,6)7;1-12-8(11)7-5(9)3-2-4-6(7)10;1-3-5-7-9-11-13-15-17-19-21-23-25-27-29-31-33-35-37-39-38-36-34-32-30-28-26-24-22-20-18-16-14-12-10-8-6-4-2/h8-10H,11-16H2,1-7H3;2-4,9-10H,1H3;. The van der Waals surface area contributed by atoms with Crippen LogP contribution in [-0.4, -0.2) is 79.3 Å². The maximum absolute atomic E-state index is 12.2. The Balaban J connectivity index is 0.00000131. The van der Waals surface area contributed by atoms with Gasteiger partial charge in [-0.3, -0.25) is 0 Å². The van der Waals surface area contributed by atoms with Crippen LogP contribution in [-0.2, 0) is 370 Å². The molecule has 79 heavy (non-hydrogen) atoms. The van der Waals surface area contributed by atoms with E-state index in [4.69, 9.17) is 56.3 Å². The third-order valence-corrected chi connectivity index (χ3v) is 89.8. The van der Waals surface area contributed by atoms with Gasteiger partial charge in [-0.15, -0.1) is 0 Å². The zero-order valence-electron chi connectivity index (χ0n) is 40.8. The number of methoxy groups -OCH3 is 2. The Kier molecular flexibility index (Phi) is 65.3. The summed E-state index contributed by atoms with van der Waals surface area (Å²) >= 11 is 9.60. The van der Waals surface area contributed by atoms with Gasteiger partial charge < -0.3 is 38.6 Å². The molecule has 2 aromatic rings. The molecule has 2 N–H and O–H groups in total. The van der Waals surface area contributed by atoms with Gasteiger partial charge in [0.15, 0.2) is 13.6 Å². The van der Waals surface area contributed by atoms with E-state index in [9.17, 15) is 9.59 Å². The molecule has 0 aliphatic rings. The van der Waals surface area contributed by atoms with Crippen LogP contribution in [0.4, 0.5) is 0 Å². The molecule has 0 fully saturated rings. The first-order valence-electron chi connectivity index (χ1n) is 19.2. The van der Waals surface area contributed by atoms with Gasteiger partial charge in [0.2, 0.25) is 0 Å². The average Bonchev–Trinajstić information content (AvgIpc) is 3.42. The van der Waals surface area contributed by atoms with Crippen molar-refractivity contribution in [2.24, 2.45) is 0 Å². The fraction of sp³-hybridized carbons (Fsp3) is 0.500. The Morgan fingerprint density at radius 1 is 0.392 bits per heavy atom. The monoisotopic (exact) mass is 1840 g/mol. The van der Waals surface area contributed by atoms with E-state index in [1.165, 1.54) is 50.2 Å². The van der Waals surface area contributed by atoms with Crippen molar-refractivity contribution in [3.63, 3.8) is 0 Å². The van der Waals surface area contributed by atoms with E-state index in [0.717, 1.165) is 12.1 Å². The maximum Gasteiger partial charge on any atom is 0.345 e. The van der Waals surface area contributed by atoms with Crippen molar-refractivity contribution in [2.45, 2.75) is 51.4 Å². The highest BCUT2D eigenvalue weighted by atomic mass is 33.5. The first-order valence-corrected chi connectivity index (χ1v) is 77.3. The lowest BCUT2D eigenvalue weighted by Gasteiger charge is -2.18. The second-order valence-corrected chi connectivity index (χ2v) is 90.5.